The maximum Gasteiger partial charge on any atom is 0.00979 e. The molecule has 4 atom stereocenters. The first-order chi connectivity index (χ1) is 7.03. The van der Waals surface area contributed by atoms with Crippen LogP contribution in [0.25, 0.3) is 0 Å². The summed E-state index contributed by atoms with van der Waals surface area (Å²) in [5, 5.41) is 3.90. The standard InChI is InChI=1S/C14H27N/c1-10-6-5-7-13(11(10)2)15-12(3)14(4)8-9-14/h10-13,15H,5-9H2,1-4H3. The summed E-state index contributed by atoms with van der Waals surface area (Å²) in [6, 6.07) is 1.50. The van der Waals surface area contributed by atoms with E-state index < -0.39 is 0 Å². The second kappa shape index (κ2) is 4.08. The van der Waals surface area contributed by atoms with E-state index in [0.717, 1.165) is 23.9 Å². The van der Waals surface area contributed by atoms with Gasteiger partial charge in [-0.3, -0.25) is 0 Å². The zero-order chi connectivity index (χ0) is 11.1. The summed E-state index contributed by atoms with van der Waals surface area (Å²) in [5.41, 5.74) is 0.625. The van der Waals surface area contributed by atoms with Crippen LogP contribution in [0.15, 0.2) is 0 Å². The molecule has 0 spiro atoms. The summed E-state index contributed by atoms with van der Waals surface area (Å²) in [6.45, 7) is 9.67. The minimum atomic E-state index is 0.625. The van der Waals surface area contributed by atoms with Crippen molar-refractivity contribution in [3.8, 4) is 0 Å². The summed E-state index contributed by atoms with van der Waals surface area (Å²) in [7, 11) is 0. The average Bonchev–Trinajstić information content (AvgIpc) is 2.93. The molecule has 0 aromatic carbocycles. The zero-order valence-electron chi connectivity index (χ0n) is 10.8. The molecule has 2 rings (SSSR count). The molecule has 15 heavy (non-hydrogen) atoms. The van der Waals surface area contributed by atoms with Gasteiger partial charge in [0, 0.05) is 12.1 Å². The van der Waals surface area contributed by atoms with E-state index in [-0.39, 0.29) is 0 Å². The van der Waals surface area contributed by atoms with Crippen LogP contribution in [0, 0.1) is 17.3 Å². The van der Waals surface area contributed by atoms with Gasteiger partial charge >= 0.3 is 0 Å². The van der Waals surface area contributed by atoms with Gasteiger partial charge < -0.3 is 5.32 Å². The Bertz CT molecular complexity index is 219. The fourth-order valence-electron chi connectivity index (χ4n) is 2.97. The fourth-order valence-corrected chi connectivity index (χ4v) is 2.97. The van der Waals surface area contributed by atoms with Crippen LogP contribution in [-0.2, 0) is 0 Å². The molecule has 2 aliphatic carbocycles. The fraction of sp³-hybridized carbons (Fsp3) is 1.00. The van der Waals surface area contributed by atoms with Crippen LogP contribution in [0.4, 0.5) is 0 Å². The molecule has 0 bridgehead atoms. The van der Waals surface area contributed by atoms with Gasteiger partial charge in [-0.05, 0) is 43.4 Å². The Morgan fingerprint density at radius 3 is 2.47 bits per heavy atom. The molecule has 4 unspecified atom stereocenters. The quantitative estimate of drug-likeness (QED) is 0.749. The van der Waals surface area contributed by atoms with Crippen molar-refractivity contribution in [1.29, 1.82) is 0 Å². The van der Waals surface area contributed by atoms with Crippen LogP contribution in [0.2, 0.25) is 0 Å². The zero-order valence-corrected chi connectivity index (χ0v) is 10.8. The Labute approximate surface area is 95.0 Å². The van der Waals surface area contributed by atoms with Crippen molar-refractivity contribution in [3.63, 3.8) is 0 Å². The molecule has 1 N–H and O–H groups in total. The lowest BCUT2D eigenvalue weighted by Gasteiger charge is -2.38. The monoisotopic (exact) mass is 209 g/mol. The maximum absolute atomic E-state index is 3.90. The first-order valence-electron chi connectivity index (χ1n) is 6.79. The summed E-state index contributed by atoms with van der Waals surface area (Å²) < 4.78 is 0. The van der Waals surface area contributed by atoms with Gasteiger partial charge in [-0.15, -0.1) is 0 Å². The van der Waals surface area contributed by atoms with Gasteiger partial charge in [-0.1, -0.05) is 33.6 Å². The molecule has 0 aromatic heterocycles. The third-order valence-corrected chi connectivity index (χ3v) is 5.25. The molecule has 88 valence electrons. The number of nitrogens with one attached hydrogen (secondary N) is 1. The first kappa shape index (κ1) is 11.4. The van der Waals surface area contributed by atoms with E-state index in [1.165, 1.54) is 32.1 Å². The Morgan fingerprint density at radius 1 is 1.20 bits per heavy atom. The molecule has 0 heterocycles. The van der Waals surface area contributed by atoms with E-state index in [0.29, 0.717) is 5.41 Å². The van der Waals surface area contributed by atoms with Gasteiger partial charge in [0.1, 0.15) is 0 Å². The van der Waals surface area contributed by atoms with Crippen molar-refractivity contribution in [2.45, 2.75) is 71.9 Å². The van der Waals surface area contributed by atoms with Crippen molar-refractivity contribution < 1.29 is 0 Å². The van der Waals surface area contributed by atoms with Crippen LogP contribution < -0.4 is 5.32 Å². The molecule has 2 saturated carbocycles. The van der Waals surface area contributed by atoms with E-state index in [1.807, 2.05) is 0 Å². The molecule has 2 aliphatic rings. The minimum absolute atomic E-state index is 0.625. The molecule has 1 heteroatoms. The van der Waals surface area contributed by atoms with Crippen molar-refractivity contribution in [1.82, 2.24) is 5.32 Å². The molecule has 1 nitrogen and oxygen atoms in total. The molecule has 0 aliphatic heterocycles. The van der Waals surface area contributed by atoms with Crippen molar-refractivity contribution in [3.05, 3.63) is 0 Å². The maximum atomic E-state index is 3.90. The summed E-state index contributed by atoms with van der Waals surface area (Å²) in [4.78, 5) is 0. The van der Waals surface area contributed by atoms with Crippen molar-refractivity contribution in [2.24, 2.45) is 17.3 Å². The van der Waals surface area contributed by atoms with E-state index in [2.05, 4.69) is 33.0 Å². The van der Waals surface area contributed by atoms with Gasteiger partial charge in [0.15, 0.2) is 0 Å². The summed E-state index contributed by atoms with van der Waals surface area (Å²) in [5.74, 6) is 1.78. The third-order valence-electron chi connectivity index (χ3n) is 5.25. The third kappa shape index (κ3) is 2.38. The Morgan fingerprint density at radius 2 is 1.87 bits per heavy atom. The van der Waals surface area contributed by atoms with E-state index in [1.54, 1.807) is 0 Å². The molecule has 0 radical (unpaired) electrons. The molecule has 0 saturated heterocycles. The molecular formula is C14H27N. The summed E-state index contributed by atoms with van der Waals surface area (Å²) >= 11 is 0. The lowest BCUT2D eigenvalue weighted by Crippen LogP contribution is -2.47. The lowest BCUT2D eigenvalue weighted by molar-refractivity contribution is 0.180. The lowest BCUT2D eigenvalue weighted by atomic mass is 9.77. The minimum Gasteiger partial charge on any atom is -0.311 e. The molecule has 0 aromatic rings. The Balaban J connectivity index is 1.87. The predicted octanol–water partition coefficient (Wildman–Crippen LogP) is 3.59. The second-order valence-corrected chi connectivity index (χ2v) is 6.42. The summed E-state index contributed by atoms with van der Waals surface area (Å²) in [6.07, 6.45) is 7.11. The smallest absolute Gasteiger partial charge is 0.00979 e. The second-order valence-electron chi connectivity index (χ2n) is 6.42. The van der Waals surface area contributed by atoms with Gasteiger partial charge in [0.05, 0.1) is 0 Å². The average molecular weight is 209 g/mol. The highest BCUT2D eigenvalue weighted by Crippen LogP contribution is 2.48. The van der Waals surface area contributed by atoms with Gasteiger partial charge in [-0.25, -0.2) is 0 Å². The molecule has 0 amide bonds. The van der Waals surface area contributed by atoms with Crippen LogP contribution in [0.1, 0.15) is 59.8 Å². The van der Waals surface area contributed by atoms with Crippen LogP contribution >= 0.6 is 0 Å². The van der Waals surface area contributed by atoms with Gasteiger partial charge in [-0.2, -0.15) is 0 Å². The Kier molecular flexibility index (Phi) is 3.12. The molecular weight excluding hydrogens is 182 g/mol. The van der Waals surface area contributed by atoms with E-state index in [9.17, 15) is 0 Å². The van der Waals surface area contributed by atoms with Crippen LogP contribution in [-0.4, -0.2) is 12.1 Å². The number of rotatable bonds is 3. The van der Waals surface area contributed by atoms with Crippen LogP contribution in [0.5, 0.6) is 0 Å². The highest BCUT2D eigenvalue weighted by molar-refractivity contribution is 4.98. The predicted molar refractivity (Wildman–Crippen MR) is 65.9 cm³/mol. The SMILES string of the molecule is CC1CCCC(NC(C)C2(C)CC2)C1C. The van der Waals surface area contributed by atoms with Gasteiger partial charge in [0.25, 0.3) is 0 Å². The largest absolute Gasteiger partial charge is 0.311 e. The van der Waals surface area contributed by atoms with Gasteiger partial charge in [0.2, 0.25) is 0 Å². The van der Waals surface area contributed by atoms with E-state index in [4.69, 9.17) is 0 Å². The van der Waals surface area contributed by atoms with Crippen molar-refractivity contribution >= 4 is 0 Å². The molecule has 2 fully saturated rings. The highest BCUT2D eigenvalue weighted by atomic mass is 15.0. The Hall–Kier alpha value is -0.0400. The number of hydrogen-bond acceptors (Lipinski definition) is 1. The first-order valence-corrected chi connectivity index (χ1v) is 6.79. The van der Waals surface area contributed by atoms with E-state index >= 15 is 0 Å². The van der Waals surface area contributed by atoms with Crippen LogP contribution in [0.3, 0.4) is 0 Å². The topological polar surface area (TPSA) is 12.0 Å². The normalized spacial score (nSPS) is 41.2. The van der Waals surface area contributed by atoms with Crippen molar-refractivity contribution in [2.75, 3.05) is 0 Å². The number of hydrogen-bond donors (Lipinski definition) is 1. The highest BCUT2D eigenvalue weighted by Gasteiger charge is 2.43.